The number of dihydropyridines is 1. The lowest BCUT2D eigenvalue weighted by atomic mass is 9.92. The van der Waals surface area contributed by atoms with E-state index in [2.05, 4.69) is 188 Å². The summed E-state index contributed by atoms with van der Waals surface area (Å²) >= 11 is 0. The van der Waals surface area contributed by atoms with Crippen molar-refractivity contribution in [3.8, 4) is 22.3 Å². The summed E-state index contributed by atoms with van der Waals surface area (Å²) in [4.78, 5) is 0. The highest BCUT2D eigenvalue weighted by molar-refractivity contribution is 6.09. The Kier molecular flexibility index (Phi) is 17.7. The molecule has 2 aliphatic rings. The standard InChI is InChI=1S/C39H30N2.C7H12.C4H8.2C2H6/c1-2-11-27(12-3-1)32-16-6-7-17-33(32)31-15-10-14-29(25-31)30-23-24-40-38(26-30)41-37-20-9-8-19-35(37)36-22-21-28-13-4-5-18-34(28)39(36)41;1-3-5-7-6-4-2;1-3-4-2;2*1-2/h1-8,10-19,21-26,38,40H,9,20H2;3,5-7H,4H2,1-2H3;3H,1,4H2,2H3;2*1-2H3/b;5-3-,7-6-;;;. The van der Waals surface area contributed by atoms with Crippen LogP contribution in [0.25, 0.3) is 55.6 Å². The van der Waals surface area contributed by atoms with Crippen LogP contribution in [0.2, 0.25) is 0 Å². The summed E-state index contributed by atoms with van der Waals surface area (Å²) in [6.07, 6.45) is 25.8. The highest BCUT2D eigenvalue weighted by Crippen LogP contribution is 2.39. The van der Waals surface area contributed by atoms with Crippen LogP contribution in [0.5, 0.6) is 0 Å². The molecule has 1 unspecified atom stereocenters. The van der Waals surface area contributed by atoms with E-state index in [0.717, 1.165) is 25.7 Å². The average Bonchev–Trinajstić information content (AvgIpc) is 3.64. The van der Waals surface area contributed by atoms with Crippen LogP contribution in [-0.2, 0) is 6.42 Å². The Morgan fingerprint density at radius 3 is 2.07 bits per heavy atom. The molecule has 0 spiro atoms. The zero-order valence-corrected chi connectivity index (χ0v) is 34.8. The molecule has 56 heavy (non-hydrogen) atoms. The van der Waals surface area contributed by atoms with E-state index in [1.54, 1.807) is 0 Å². The molecule has 6 aromatic rings. The van der Waals surface area contributed by atoms with Crippen LogP contribution in [0, 0.1) is 0 Å². The van der Waals surface area contributed by atoms with Gasteiger partial charge in [-0.2, -0.15) is 0 Å². The minimum atomic E-state index is 0.0267. The molecule has 1 atom stereocenters. The molecule has 2 heterocycles. The lowest BCUT2D eigenvalue weighted by Gasteiger charge is -2.25. The van der Waals surface area contributed by atoms with Crippen molar-refractivity contribution in [2.24, 2.45) is 0 Å². The first-order valence-electron chi connectivity index (χ1n) is 20.7. The predicted molar refractivity (Wildman–Crippen MR) is 251 cm³/mol. The van der Waals surface area contributed by atoms with E-state index in [1.165, 1.54) is 66.3 Å². The van der Waals surface area contributed by atoms with Crippen molar-refractivity contribution in [1.29, 1.82) is 0 Å². The van der Waals surface area contributed by atoms with Gasteiger partial charge in [-0.25, -0.2) is 0 Å². The van der Waals surface area contributed by atoms with Crippen molar-refractivity contribution < 1.29 is 0 Å². The fraction of sp³-hybridized carbons (Fsp3) is 0.222. The maximum absolute atomic E-state index is 3.69. The third-order valence-electron chi connectivity index (χ3n) is 9.49. The van der Waals surface area contributed by atoms with Gasteiger partial charge < -0.3 is 9.88 Å². The smallest absolute Gasteiger partial charge is 0.123 e. The Morgan fingerprint density at radius 2 is 1.36 bits per heavy atom. The van der Waals surface area contributed by atoms with Gasteiger partial charge >= 0.3 is 0 Å². The van der Waals surface area contributed by atoms with Gasteiger partial charge in [0, 0.05) is 22.0 Å². The van der Waals surface area contributed by atoms with E-state index >= 15 is 0 Å². The highest BCUT2D eigenvalue weighted by atomic mass is 15.2. The van der Waals surface area contributed by atoms with Crippen molar-refractivity contribution in [2.45, 2.75) is 80.3 Å². The van der Waals surface area contributed by atoms with Crippen molar-refractivity contribution in [2.75, 3.05) is 0 Å². The first kappa shape index (κ1) is 42.9. The molecular weight excluding hydrogens is 677 g/mol. The van der Waals surface area contributed by atoms with Crippen LogP contribution in [0.3, 0.4) is 0 Å². The van der Waals surface area contributed by atoms with Gasteiger partial charge in [-0.3, -0.25) is 0 Å². The number of nitrogens with one attached hydrogen (secondary N) is 1. The van der Waals surface area contributed by atoms with Gasteiger partial charge in [-0.1, -0.05) is 193 Å². The second kappa shape index (κ2) is 23.1. The van der Waals surface area contributed by atoms with Crippen LogP contribution >= 0.6 is 0 Å². The Balaban J connectivity index is 0.000000403. The molecule has 5 aromatic carbocycles. The van der Waals surface area contributed by atoms with Crippen molar-refractivity contribution in [3.63, 3.8) is 0 Å². The second-order valence-corrected chi connectivity index (χ2v) is 13.0. The number of hydrogen-bond donors (Lipinski definition) is 1. The van der Waals surface area contributed by atoms with Gasteiger partial charge in [-0.05, 0) is 95.8 Å². The largest absolute Gasteiger partial charge is 0.368 e. The normalized spacial score (nSPS) is 13.8. The zero-order chi connectivity index (χ0) is 40.1. The maximum Gasteiger partial charge on any atom is 0.123 e. The zero-order valence-electron chi connectivity index (χ0n) is 34.8. The summed E-state index contributed by atoms with van der Waals surface area (Å²) in [6, 6.07) is 41.7. The van der Waals surface area contributed by atoms with Crippen LogP contribution in [-0.4, -0.2) is 4.57 Å². The molecule has 1 N–H and O–H groups in total. The molecular formula is C54H62N2. The first-order valence-corrected chi connectivity index (χ1v) is 20.7. The van der Waals surface area contributed by atoms with E-state index < -0.39 is 0 Å². The summed E-state index contributed by atoms with van der Waals surface area (Å²) in [6.45, 7) is 17.7. The van der Waals surface area contributed by atoms with E-state index in [0.29, 0.717) is 0 Å². The Bertz CT molecular complexity index is 2270. The fourth-order valence-electron chi connectivity index (χ4n) is 6.97. The molecule has 0 saturated carbocycles. The van der Waals surface area contributed by atoms with Gasteiger partial charge in [0.2, 0.25) is 0 Å². The number of allylic oxidation sites excluding steroid dienone is 8. The Morgan fingerprint density at radius 1 is 0.696 bits per heavy atom. The minimum absolute atomic E-state index is 0.0267. The molecule has 1 aliphatic carbocycles. The summed E-state index contributed by atoms with van der Waals surface area (Å²) in [5, 5.41) is 7.60. The summed E-state index contributed by atoms with van der Waals surface area (Å²) in [7, 11) is 0. The number of fused-ring (bicyclic) bond motifs is 5. The molecule has 1 aliphatic heterocycles. The van der Waals surface area contributed by atoms with Gasteiger partial charge in [0.05, 0.1) is 5.52 Å². The lowest BCUT2D eigenvalue weighted by molar-refractivity contribution is 0.543. The summed E-state index contributed by atoms with van der Waals surface area (Å²) < 4.78 is 2.55. The highest BCUT2D eigenvalue weighted by Gasteiger charge is 2.24. The van der Waals surface area contributed by atoms with Crippen LogP contribution in [0.4, 0.5) is 0 Å². The molecule has 288 valence electrons. The number of benzene rings is 5. The third-order valence-corrected chi connectivity index (χ3v) is 9.49. The molecule has 0 amide bonds. The Labute approximate surface area is 338 Å². The minimum Gasteiger partial charge on any atom is -0.368 e. The van der Waals surface area contributed by atoms with Crippen molar-refractivity contribution in [3.05, 3.63) is 193 Å². The van der Waals surface area contributed by atoms with Gasteiger partial charge in [0.15, 0.2) is 0 Å². The van der Waals surface area contributed by atoms with E-state index in [4.69, 9.17) is 0 Å². The lowest BCUT2D eigenvalue weighted by Crippen LogP contribution is -2.24. The first-order chi connectivity index (χ1) is 27.7. The maximum atomic E-state index is 3.69. The van der Waals surface area contributed by atoms with Gasteiger partial charge in [0.25, 0.3) is 0 Å². The molecule has 1 aromatic heterocycles. The molecule has 8 rings (SSSR count). The van der Waals surface area contributed by atoms with Gasteiger partial charge in [-0.15, -0.1) is 6.58 Å². The molecule has 0 bridgehead atoms. The second-order valence-electron chi connectivity index (χ2n) is 13.0. The number of rotatable bonds is 7. The van der Waals surface area contributed by atoms with Crippen LogP contribution in [0.1, 0.15) is 90.7 Å². The average molecular weight is 739 g/mol. The quantitative estimate of drug-likeness (QED) is 0.127. The van der Waals surface area contributed by atoms with E-state index in [1.807, 2.05) is 52.8 Å². The molecule has 0 radical (unpaired) electrons. The van der Waals surface area contributed by atoms with Gasteiger partial charge in [0.1, 0.15) is 6.17 Å². The van der Waals surface area contributed by atoms with Crippen molar-refractivity contribution >= 4 is 33.3 Å². The molecule has 2 heteroatoms. The molecule has 0 fully saturated rings. The molecule has 0 saturated heterocycles. The van der Waals surface area contributed by atoms with E-state index in [9.17, 15) is 0 Å². The topological polar surface area (TPSA) is 17.0 Å². The van der Waals surface area contributed by atoms with Crippen LogP contribution in [0.15, 0.2) is 177 Å². The molecule has 2 nitrogen and oxygen atoms in total. The van der Waals surface area contributed by atoms with Crippen molar-refractivity contribution in [1.82, 2.24) is 9.88 Å². The predicted octanol–water partition coefficient (Wildman–Crippen LogP) is 16.0. The summed E-state index contributed by atoms with van der Waals surface area (Å²) in [5.41, 5.74) is 11.5. The number of aromatic nitrogens is 1. The van der Waals surface area contributed by atoms with Crippen LogP contribution < -0.4 is 5.32 Å². The Hall–Kier alpha value is -5.86. The number of hydrogen-bond acceptors (Lipinski definition) is 1. The fourth-order valence-corrected chi connectivity index (χ4v) is 6.97. The summed E-state index contributed by atoms with van der Waals surface area (Å²) in [5.74, 6) is 0. The third kappa shape index (κ3) is 10.5. The SMILES string of the molecule is C/C=C\C=C/CC.C1=Cc2c(n(C3C=C(c4cccc(-c5ccccc5-c5ccccc5)c4)C=CN3)c3c2ccc2ccccc23)CC1.C=CCC.CC.CC. The number of nitrogens with zero attached hydrogens (tertiary/aromatic N) is 1. The van der Waals surface area contributed by atoms with E-state index in [-0.39, 0.29) is 6.17 Å². The monoisotopic (exact) mass is 738 g/mol.